The minimum absolute atomic E-state index is 0.0376. The molecule has 5 heteroatoms. The highest BCUT2D eigenvalue weighted by atomic mass is 16.3. The summed E-state index contributed by atoms with van der Waals surface area (Å²) in [4.78, 5) is 1.51. The zero-order chi connectivity index (χ0) is 11.1. The molecule has 0 saturated carbocycles. The molecule has 0 fully saturated rings. The van der Waals surface area contributed by atoms with Crippen molar-refractivity contribution in [1.29, 1.82) is 0 Å². The van der Waals surface area contributed by atoms with Gasteiger partial charge in [-0.15, -0.1) is 10.2 Å². The summed E-state index contributed by atoms with van der Waals surface area (Å²) in [7, 11) is 0. The van der Waals surface area contributed by atoms with E-state index in [9.17, 15) is 5.11 Å². The first-order valence-corrected chi connectivity index (χ1v) is 5.66. The second kappa shape index (κ2) is 6.50. The number of rotatable bonds is 7. The molecular formula is C10H20N4O. The van der Waals surface area contributed by atoms with Gasteiger partial charge in [0.15, 0.2) is 6.33 Å². The molecule has 15 heavy (non-hydrogen) atoms. The Balaban J connectivity index is 2.39. The second-order valence-electron chi connectivity index (χ2n) is 3.91. The molecule has 1 N–H and O–H groups in total. The van der Waals surface area contributed by atoms with E-state index in [0.717, 1.165) is 12.8 Å². The number of aliphatic hydroxyl groups excluding tert-OH is 1. The molecule has 0 amide bonds. The van der Waals surface area contributed by atoms with Gasteiger partial charge in [0.25, 0.3) is 0 Å². The van der Waals surface area contributed by atoms with E-state index < -0.39 is 6.10 Å². The number of aromatic nitrogens is 4. The van der Waals surface area contributed by atoms with Crippen LogP contribution in [0.5, 0.6) is 0 Å². The van der Waals surface area contributed by atoms with Gasteiger partial charge in [-0.2, -0.15) is 4.80 Å². The van der Waals surface area contributed by atoms with E-state index in [2.05, 4.69) is 22.3 Å². The third-order valence-corrected chi connectivity index (χ3v) is 2.57. The van der Waals surface area contributed by atoms with Crippen molar-refractivity contribution in [3.05, 3.63) is 6.33 Å². The third-order valence-electron chi connectivity index (χ3n) is 2.57. The van der Waals surface area contributed by atoms with Crippen molar-refractivity contribution in [1.82, 2.24) is 20.2 Å². The predicted octanol–water partition coefficient (Wildman–Crippen LogP) is 1.57. The Morgan fingerprint density at radius 2 is 2.13 bits per heavy atom. The maximum Gasteiger partial charge on any atom is 0.162 e. The minimum Gasteiger partial charge on any atom is -0.391 e. The van der Waals surface area contributed by atoms with E-state index in [1.807, 2.05) is 0 Å². The number of tetrazole rings is 1. The van der Waals surface area contributed by atoms with Crippen LogP contribution in [-0.2, 0) is 0 Å². The lowest BCUT2D eigenvalue weighted by molar-refractivity contribution is 0.106. The van der Waals surface area contributed by atoms with Crippen LogP contribution in [0.15, 0.2) is 6.33 Å². The predicted molar refractivity (Wildman–Crippen MR) is 57.3 cm³/mol. The fraction of sp³-hybridized carbons (Fsp3) is 0.900. The Morgan fingerprint density at radius 1 is 1.33 bits per heavy atom. The maximum absolute atomic E-state index is 9.61. The summed E-state index contributed by atoms with van der Waals surface area (Å²) in [6.07, 6.45) is 6.66. The van der Waals surface area contributed by atoms with E-state index in [1.54, 1.807) is 6.92 Å². The first-order chi connectivity index (χ1) is 7.25. The van der Waals surface area contributed by atoms with E-state index >= 15 is 0 Å². The SMILES string of the molecule is CCCCCC[C@H]([C@H](C)O)n1ncnn1. The molecule has 1 aromatic heterocycles. The van der Waals surface area contributed by atoms with Gasteiger partial charge in [0, 0.05) is 0 Å². The van der Waals surface area contributed by atoms with Gasteiger partial charge in [0.1, 0.15) is 0 Å². The minimum atomic E-state index is -0.430. The third kappa shape index (κ3) is 3.95. The lowest BCUT2D eigenvalue weighted by Gasteiger charge is -2.17. The lowest BCUT2D eigenvalue weighted by Crippen LogP contribution is -2.23. The second-order valence-corrected chi connectivity index (χ2v) is 3.91. The van der Waals surface area contributed by atoms with Crippen molar-refractivity contribution in [3.63, 3.8) is 0 Å². The molecule has 5 nitrogen and oxygen atoms in total. The maximum atomic E-state index is 9.61. The summed E-state index contributed by atoms with van der Waals surface area (Å²) in [5.74, 6) is 0. The van der Waals surface area contributed by atoms with Crippen LogP contribution in [0.3, 0.4) is 0 Å². The Kier molecular flexibility index (Phi) is 5.25. The van der Waals surface area contributed by atoms with Crippen LogP contribution in [0, 0.1) is 0 Å². The van der Waals surface area contributed by atoms with Crippen molar-refractivity contribution in [2.45, 2.75) is 58.1 Å². The van der Waals surface area contributed by atoms with E-state index in [-0.39, 0.29) is 6.04 Å². The zero-order valence-corrected chi connectivity index (χ0v) is 9.50. The highest BCUT2D eigenvalue weighted by Gasteiger charge is 2.18. The van der Waals surface area contributed by atoms with Crippen LogP contribution in [0.1, 0.15) is 52.0 Å². The summed E-state index contributed by atoms with van der Waals surface area (Å²) >= 11 is 0. The molecule has 0 spiro atoms. The largest absolute Gasteiger partial charge is 0.391 e. The van der Waals surface area contributed by atoms with Gasteiger partial charge in [-0.1, -0.05) is 32.6 Å². The van der Waals surface area contributed by atoms with Crippen molar-refractivity contribution in [2.24, 2.45) is 0 Å². The highest BCUT2D eigenvalue weighted by molar-refractivity contribution is 4.67. The van der Waals surface area contributed by atoms with Crippen LogP contribution in [0.2, 0.25) is 0 Å². The molecular weight excluding hydrogens is 192 g/mol. The summed E-state index contributed by atoms with van der Waals surface area (Å²) in [6.45, 7) is 3.96. The van der Waals surface area contributed by atoms with E-state index in [0.29, 0.717) is 0 Å². The van der Waals surface area contributed by atoms with Crippen LogP contribution >= 0.6 is 0 Å². The molecule has 0 aliphatic rings. The van der Waals surface area contributed by atoms with Gasteiger partial charge in [0.05, 0.1) is 12.1 Å². The molecule has 1 rings (SSSR count). The standard InChI is InChI=1S/C10H20N4O/c1-3-4-5-6-7-10(9(2)15)14-12-8-11-13-14/h8-10,15H,3-7H2,1-2H3/t9-,10+/m0/s1. The van der Waals surface area contributed by atoms with Gasteiger partial charge in [-0.05, 0) is 18.6 Å². The summed E-state index contributed by atoms with van der Waals surface area (Å²) < 4.78 is 0. The van der Waals surface area contributed by atoms with Gasteiger partial charge in [0.2, 0.25) is 0 Å². The first kappa shape index (κ1) is 12.1. The molecule has 0 aromatic carbocycles. The summed E-state index contributed by atoms with van der Waals surface area (Å²) in [5.41, 5.74) is 0. The molecule has 0 unspecified atom stereocenters. The van der Waals surface area contributed by atoms with Crippen molar-refractivity contribution in [2.75, 3.05) is 0 Å². The Labute approximate surface area is 90.5 Å². The number of hydrogen-bond donors (Lipinski definition) is 1. The molecule has 1 aromatic rings. The van der Waals surface area contributed by atoms with Crippen molar-refractivity contribution in [3.8, 4) is 0 Å². The van der Waals surface area contributed by atoms with E-state index in [4.69, 9.17) is 0 Å². The monoisotopic (exact) mass is 212 g/mol. The van der Waals surface area contributed by atoms with Crippen molar-refractivity contribution < 1.29 is 5.11 Å². The summed E-state index contributed by atoms with van der Waals surface area (Å²) in [6, 6.07) is -0.0376. The van der Waals surface area contributed by atoms with E-state index in [1.165, 1.54) is 30.4 Å². The number of hydrogen-bond acceptors (Lipinski definition) is 4. The number of nitrogens with zero attached hydrogens (tertiary/aromatic N) is 4. The quantitative estimate of drug-likeness (QED) is 0.697. The van der Waals surface area contributed by atoms with Gasteiger partial charge >= 0.3 is 0 Å². The van der Waals surface area contributed by atoms with Crippen LogP contribution in [0.25, 0.3) is 0 Å². The fourth-order valence-electron chi connectivity index (χ4n) is 1.66. The summed E-state index contributed by atoms with van der Waals surface area (Å²) in [5, 5.41) is 21.1. The van der Waals surface area contributed by atoms with Gasteiger partial charge < -0.3 is 5.11 Å². The topological polar surface area (TPSA) is 63.8 Å². The average Bonchev–Trinajstić information content (AvgIpc) is 2.70. The Bertz CT molecular complexity index is 248. The Morgan fingerprint density at radius 3 is 2.67 bits per heavy atom. The average molecular weight is 212 g/mol. The highest BCUT2D eigenvalue weighted by Crippen LogP contribution is 2.17. The van der Waals surface area contributed by atoms with Gasteiger partial charge in [-0.25, -0.2) is 0 Å². The number of unbranched alkanes of at least 4 members (excludes halogenated alkanes) is 3. The smallest absolute Gasteiger partial charge is 0.162 e. The molecule has 0 saturated heterocycles. The Hall–Kier alpha value is -0.970. The van der Waals surface area contributed by atoms with Crippen LogP contribution < -0.4 is 0 Å². The van der Waals surface area contributed by atoms with Gasteiger partial charge in [-0.3, -0.25) is 0 Å². The molecule has 0 radical (unpaired) electrons. The molecule has 86 valence electrons. The van der Waals surface area contributed by atoms with Crippen molar-refractivity contribution >= 4 is 0 Å². The molecule has 2 atom stereocenters. The molecule has 0 bridgehead atoms. The molecule has 0 aliphatic heterocycles. The molecule has 1 heterocycles. The normalized spacial score (nSPS) is 15.1. The lowest BCUT2D eigenvalue weighted by atomic mass is 10.0. The van der Waals surface area contributed by atoms with Crippen LogP contribution in [-0.4, -0.2) is 31.4 Å². The van der Waals surface area contributed by atoms with Crippen LogP contribution in [0.4, 0.5) is 0 Å². The zero-order valence-electron chi connectivity index (χ0n) is 9.50. The first-order valence-electron chi connectivity index (χ1n) is 5.66. The fourth-order valence-corrected chi connectivity index (χ4v) is 1.66. The number of aliphatic hydroxyl groups is 1. The molecule has 0 aliphatic carbocycles.